The number of hydrogen-bond donors (Lipinski definition) is 0. The van der Waals surface area contributed by atoms with E-state index in [-0.39, 0.29) is 17.1 Å². The zero-order valence-corrected chi connectivity index (χ0v) is 13.9. The van der Waals surface area contributed by atoms with E-state index in [4.69, 9.17) is 9.47 Å². The van der Waals surface area contributed by atoms with Crippen LogP contribution in [0.1, 0.15) is 40.1 Å². The monoisotopic (exact) mass is 336 g/mol. The number of fused-ring (bicyclic) bond motifs is 1. The molecule has 0 N–H and O–H groups in total. The highest BCUT2D eigenvalue weighted by Gasteiger charge is 2.32. The van der Waals surface area contributed by atoms with Gasteiger partial charge in [0.05, 0.1) is 12.2 Å². The van der Waals surface area contributed by atoms with Crippen LogP contribution in [0.2, 0.25) is 0 Å². The summed E-state index contributed by atoms with van der Waals surface area (Å²) in [4.78, 5) is 36.1. The molecule has 3 rings (SSSR count). The van der Waals surface area contributed by atoms with Crippen molar-refractivity contribution in [2.45, 2.75) is 13.8 Å². The van der Waals surface area contributed by atoms with Gasteiger partial charge in [-0.25, -0.2) is 0 Å². The second-order valence-electron chi connectivity index (χ2n) is 5.49. The van der Waals surface area contributed by atoms with Crippen molar-refractivity contribution in [3.63, 3.8) is 0 Å². The van der Waals surface area contributed by atoms with Crippen LogP contribution >= 0.6 is 0 Å². The van der Waals surface area contributed by atoms with E-state index in [1.807, 2.05) is 6.92 Å². The van der Waals surface area contributed by atoms with Crippen molar-refractivity contribution in [2.75, 3.05) is 6.61 Å². The average Bonchev–Trinajstić information content (AvgIpc) is 2.82. The number of ether oxygens (including phenoxy) is 2. The maximum atomic E-state index is 12.4. The highest BCUT2D eigenvalue weighted by molar-refractivity contribution is 6.41. The van der Waals surface area contributed by atoms with Crippen LogP contribution in [0.25, 0.3) is 6.08 Å². The van der Waals surface area contributed by atoms with Gasteiger partial charge in [0.1, 0.15) is 0 Å². The molecule has 0 heterocycles. The molecule has 0 unspecified atom stereocenters. The van der Waals surface area contributed by atoms with Gasteiger partial charge in [-0.15, -0.1) is 0 Å². The Morgan fingerprint density at radius 1 is 1.00 bits per heavy atom. The summed E-state index contributed by atoms with van der Waals surface area (Å²) in [6, 6.07) is 11.6. The number of Topliss-reactive ketones (excluding diaryl/α,β-unsaturated/α-hetero) is 2. The summed E-state index contributed by atoms with van der Waals surface area (Å²) in [5.41, 5.74) is 1.56. The minimum absolute atomic E-state index is 0.115. The maximum absolute atomic E-state index is 12.4. The topological polar surface area (TPSA) is 69.7 Å². The average molecular weight is 336 g/mol. The van der Waals surface area contributed by atoms with Gasteiger partial charge in [0, 0.05) is 18.1 Å². The van der Waals surface area contributed by atoms with E-state index in [9.17, 15) is 14.4 Å². The zero-order chi connectivity index (χ0) is 18.0. The van der Waals surface area contributed by atoms with Crippen LogP contribution in [-0.4, -0.2) is 24.1 Å². The van der Waals surface area contributed by atoms with Gasteiger partial charge in [0.2, 0.25) is 0 Å². The van der Waals surface area contributed by atoms with Crippen molar-refractivity contribution in [1.82, 2.24) is 0 Å². The van der Waals surface area contributed by atoms with Crippen molar-refractivity contribution in [3.8, 4) is 11.5 Å². The van der Waals surface area contributed by atoms with Crippen LogP contribution in [-0.2, 0) is 4.79 Å². The Kier molecular flexibility index (Phi) is 4.48. The fraction of sp³-hybridized carbons (Fsp3) is 0.150. The van der Waals surface area contributed by atoms with Crippen molar-refractivity contribution in [2.24, 2.45) is 0 Å². The number of ketones is 2. The maximum Gasteiger partial charge on any atom is 0.308 e. The Bertz CT molecular complexity index is 871. The second kappa shape index (κ2) is 6.73. The summed E-state index contributed by atoms with van der Waals surface area (Å²) in [6.07, 6.45) is 1.53. The van der Waals surface area contributed by atoms with Gasteiger partial charge in [-0.2, -0.15) is 0 Å². The number of rotatable bonds is 4. The molecule has 126 valence electrons. The molecule has 0 saturated heterocycles. The second-order valence-corrected chi connectivity index (χ2v) is 5.49. The first-order chi connectivity index (χ1) is 12.0. The van der Waals surface area contributed by atoms with Gasteiger partial charge in [0.15, 0.2) is 23.1 Å². The fourth-order valence-corrected chi connectivity index (χ4v) is 2.69. The first-order valence-electron chi connectivity index (χ1n) is 7.86. The quantitative estimate of drug-likeness (QED) is 0.370. The molecule has 0 fully saturated rings. The highest BCUT2D eigenvalue weighted by atomic mass is 16.6. The Balaban J connectivity index is 1.99. The lowest BCUT2D eigenvalue weighted by Gasteiger charge is -2.10. The van der Waals surface area contributed by atoms with Gasteiger partial charge in [-0.05, 0) is 30.7 Å². The van der Waals surface area contributed by atoms with Crippen LogP contribution in [0.4, 0.5) is 0 Å². The van der Waals surface area contributed by atoms with E-state index in [1.54, 1.807) is 42.5 Å². The molecule has 0 saturated carbocycles. The first kappa shape index (κ1) is 16.6. The molecule has 0 atom stereocenters. The van der Waals surface area contributed by atoms with Gasteiger partial charge >= 0.3 is 5.97 Å². The molecule has 0 spiro atoms. The summed E-state index contributed by atoms with van der Waals surface area (Å²) in [5.74, 6) is -0.361. The molecular weight excluding hydrogens is 320 g/mol. The van der Waals surface area contributed by atoms with E-state index in [0.717, 1.165) is 0 Å². The third-order valence-electron chi connectivity index (χ3n) is 3.74. The van der Waals surface area contributed by atoms with Crippen molar-refractivity contribution < 1.29 is 23.9 Å². The van der Waals surface area contributed by atoms with E-state index in [2.05, 4.69) is 0 Å². The molecule has 1 aliphatic rings. The minimum Gasteiger partial charge on any atom is -0.490 e. The molecule has 1 aliphatic carbocycles. The molecule has 0 aliphatic heterocycles. The number of carbonyl (C=O) groups is 3. The molecule has 2 aromatic carbocycles. The molecule has 5 heteroatoms. The lowest BCUT2D eigenvalue weighted by molar-refractivity contribution is -0.132. The van der Waals surface area contributed by atoms with Gasteiger partial charge < -0.3 is 9.47 Å². The smallest absolute Gasteiger partial charge is 0.308 e. The molecule has 25 heavy (non-hydrogen) atoms. The minimum atomic E-state index is -0.455. The van der Waals surface area contributed by atoms with Crippen molar-refractivity contribution in [3.05, 3.63) is 64.7 Å². The van der Waals surface area contributed by atoms with Gasteiger partial charge in [-0.3, -0.25) is 14.4 Å². The Labute approximate surface area is 144 Å². The molecule has 0 aromatic heterocycles. The third-order valence-corrected chi connectivity index (χ3v) is 3.74. The van der Waals surface area contributed by atoms with Gasteiger partial charge in [-0.1, -0.05) is 30.3 Å². The molecule has 0 bridgehead atoms. The molecular formula is C20H16O5. The van der Waals surface area contributed by atoms with E-state index >= 15 is 0 Å². The number of carbonyl (C=O) groups excluding carboxylic acids is 3. The normalized spacial score (nSPS) is 12.8. The van der Waals surface area contributed by atoms with Crippen LogP contribution in [0.15, 0.2) is 48.0 Å². The van der Waals surface area contributed by atoms with Crippen LogP contribution < -0.4 is 9.47 Å². The Hall–Kier alpha value is -3.21. The Morgan fingerprint density at radius 3 is 2.20 bits per heavy atom. The molecule has 0 radical (unpaired) electrons. The van der Waals surface area contributed by atoms with Crippen molar-refractivity contribution >= 4 is 23.6 Å². The third kappa shape index (κ3) is 3.21. The van der Waals surface area contributed by atoms with E-state index in [0.29, 0.717) is 34.8 Å². The molecule has 5 nitrogen and oxygen atoms in total. The number of esters is 1. The predicted octanol–water partition coefficient (Wildman–Crippen LogP) is 3.47. The summed E-state index contributed by atoms with van der Waals surface area (Å²) < 4.78 is 10.6. The van der Waals surface area contributed by atoms with Crippen LogP contribution in [0.3, 0.4) is 0 Å². The summed E-state index contributed by atoms with van der Waals surface area (Å²) >= 11 is 0. The van der Waals surface area contributed by atoms with Crippen LogP contribution in [0, 0.1) is 0 Å². The number of hydrogen-bond acceptors (Lipinski definition) is 5. The Morgan fingerprint density at radius 2 is 1.64 bits per heavy atom. The largest absolute Gasteiger partial charge is 0.490 e. The summed E-state index contributed by atoms with van der Waals surface area (Å²) in [7, 11) is 0. The number of allylic oxidation sites excluding steroid dienone is 1. The van der Waals surface area contributed by atoms with E-state index in [1.165, 1.54) is 13.0 Å². The summed E-state index contributed by atoms with van der Waals surface area (Å²) in [5, 5.41) is 0. The SMILES string of the molecule is CCOc1cc(C=C2C(=O)c3ccccc3C2=O)ccc1OC(C)=O. The first-order valence-corrected chi connectivity index (χ1v) is 7.86. The summed E-state index contributed by atoms with van der Waals surface area (Å²) in [6.45, 7) is 3.50. The lowest BCUT2D eigenvalue weighted by atomic mass is 10.1. The fourth-order valence-electron chi connectivity index (χ4n) is 2.69. The molecule has 0 amide bonds. The van der Waals surface area contributed by atoms with E-state index < -0.39 is 5.97 Å². The molecule has 2 aromatic rings. The highest BCUT2D eigenvalue weighted by Crippen LogP contribution is 2.32. The number of benzene rings is 2. The zero-order valence-electron chi connectivity index (χ0n) is 13.9. The van der Waals surface area contributed by atoms with Gasteiger partial charge in [0.25, 0.3) is 0 Å². The predicted molar refractivity (Wildman–Crippen MR) is 92.0 cm³/mol. The van der Waals surface area contributed by atoms with Crippen molar-refractivity contribution in [1.29, 1.82) is 0 Å². The van der Waals surface area contributed by atoms with Crippen LogP contribution in [0.5, 0.6) is 11.5 Å². The standard InChI is InChI=1S/C20H16O5/c1-3-24-18-11-13(8-9-17(18)25-12(2)21)10-16-19(22)14-6-4-5-7-15(14)20(16)23/h4-11H,3H2,1-2H3. The lowest BCUT2D eigenvalue weighted by Crippen LogP contribution is -2.04.